The van der Waals surface area contributed by atoms with Gasteiger partial charge >= 0.3 is 0 Å². The molecular formula is C56H36N4. The second-order valence-corrected chi connectivity index (χ2v) is 15.5. The maximum atomic E-state index is 5.06. The molecule has 1 aliphatic rings. The standard InChI is InChI=1S/C56H36N4/c1-3-16-38(17-4-1)53-57-54(39-18-5-2-6-19-39)59-55(58-53)40-27-30-41(31-28-40)56(48-24-12-9-23-47(48)52-44-20-8-7-15-37(44)29-36-49(52)56)42-32-34-43(35-33-42)60-50-25-13-10-21-45(50)46-22-11-14-26-51(46)60/h1-36H. The molecule has 0 spiro atoms. The highest BCUT2D eigenvalue weighted by Gasteiger charge is 2.46. The van der Waals surface area contributed by atoms with Gasteiger partial charge in [-0.15, -0.1) is 0 Å². The third-order valence-corrected chi connectivity index (χ3v) is 12.3. The summed E-state index contributed by atoms with van der Waals surface area (Å²) in [7, 11) is 0. The van der Waals surface area contributed by atoms with Gasteiger partial charge in [-0.3, -0.25) is 0 Å². The van der Waals surface area contributed by atoms with Crippen molar-refractivity contribution in [3.05, 3.63) is 241 Å². The average Bonchev–Trinajstić information content (AvgIpc) is 3.83. The summed E-state index contributed by atoms with van der Waals surface area (Å²) in [5.74, 6) is 1.93. The zero-order chi connectivity index (χ0) is 39.6. The van der Waals surface area contributed by atoms with Gasteiger partial charge in [0.25, 0.3) is 0 Å². The Bertz CT molecular complexity index is 3300. The van der Waals surface area contributed by atoms with Crippen LogP contribution >= 0.6 is 0 Å². The Morgan fingerprint density at radius 2 is 0.800 bits per heavy atom. The predicted octanol–water partition coefficient (Wildman–Crippen LogP) is 13.5. The van der Waals surface area contributed by atoms with Crippen molar-refractivity contribution in [3.8, 4) is 51.0 Å². The molecule has 60 heavy (non-hydrogen) atoms. The molecule has 9 aromatic carbocycles. The number of fused-ring (bicyclic) bond motifs is 8. The Balaban J connectivity index is 1.07. The van der Waals surface area contributed by atoms with E-state index >= 15 is 0 Å². The molecule has 2 heterocycles. The molecule has 0 bridgehead atoms. The molecule has 0 saturated carbocycles. The Morgan fingerprint density at radius 1 is 0.333 bits per heavy atom. The molecular weight excluding hydrogens is 729 g/mol. The fourth-order valence-corrected chi connectivity index (χ4v) is 9.70. The van der Waals surface area contributed by atoms with Crippen LogP contribution < -0.4 is 0 Å². The van der Waals surface area contributed by atoms with Crippen LogP contribution in [0, 0.1) is 0 Å². The van der Waals surface area contributed by atoms with Gasteiger partial charge in [-0.25, -0.2) is 15.0 Å². The first-order chi connectivity index (χ1) is 29.8. The molecule has 11 aromatic rings. The van der Waals surface area contributed by atoms with Crippen LogP contribution in [0.4, 0.5) is 0 Å². The molecule has 0 radical (unpaired) electrons. The molecule has 0 saturated heterocycles. The molecule has 0 aliphatic heterocycles. The van der Waals surface area contributed by atoms with Crippen LogP contribution in [0.25, 0.3) is 83.6 Å². The molecule has 1 atom stereocenters. The van der Waals surface area contributed by atoms with E-state index in [4.69, 9.17) is 15.0 Å². The summed E-state index contributed by atoms with van der Waals surface area (Å²) >= 11 is 0. The number of aromatic nitrogens is 4. The maximum absolute atomic E-state index is 5.06. The van der Waals surface area contributed by atoms with Crippen LogP contribution in [-0.2, 0) is 5.41 Å². The summed E-state index contributed by atoms with van der Waals surface area (Å²) in [4.78, 5) is 15.1. The molecule has 0 amide bonds. The highest BCUT2D eigenvalue weighted by atomic mass is 15.0. The second kappa shape index (κ2) is 13.6. The van der Waals surface area contributed by atoms with Crippen LogP contribution in [0.2, 0.25) is 0 Å². The first kappa shape index (κ1) is 34.1. The molecule has 280 valence electrons. The Hall–Kier alpha value is -7.95. The molecule has 4 nitrogen and oxygen atoms in total. The van der Waals surface area contributed by atoms with Crippen LogP contribution in [0.3, 0.4) is 0 Å². The van der Waals surface area contributed by atoms with E-state index in [0.29, 0.717) is 17.5 Å². The van der Waals surface area contributed by atoms with Crippen molar-refractivity contribution in [3.63, 3.8) is 0 Å². The number of benzene rings is 9. The summed E-state index contributed by atoms with van der Waals surface area (Å²) in [5.41, 5.74) is 13.2. The Labute approximate surface area is 347 Å². The van der Waals surface area contributed by atoms with Crippen LogP contribution in [0.5, 0.6) is 0 Å². The van der Waals surface area contributed by atoms with Gasteiger partial charge in [0.05, 0.1) is 16.4 Å². The fourth-order valence-electron chi connectivity index (χ4n) is 9.70. The van der Waals surface area contributed by atoms with Gasteiger partial charge in [0.1, 0.15) is 0 Å². The topological polar surface area (TPSA) is 43.6 Å². The summed E-state index contributed by atoms with van der Waals surface area (Å²) in [6, 6.07) is 78.3. The lowest BCUT2D eigenvalue weighted by atomic mass is 9.67. The third-order valence-electron chi connectivity index (χ3n) is 12.3. The Kier molecular flexibility index (Phi) is 7.72. The lowest BCUT2D eigenvalue weighted by molar-refractivity contribution is 0.768. The van der Waals surface area contributed by atoms with Gasteiger partial charge < -0.3 is 4.57 Å². The molecule has 1 unspecified atom stereocenters. The summed E-state index contributed by atoms with van der Waals surface area (Å²) in [5, 5.41) is 5.00. The molecule has 4 heteroatoms. The van der Waals surface area contributed by atoms with Gasteiger partial charge in [0.15, 0.2) is 17.5 Å². The van der Waals surface area contributed by atoms with Crippen LogP contribution in [0.1, 0.15) is 22.3 Å². The average molecular weight is 765 g/mol. The number of para-hydroxylation sites is 2. The van der Waals surface area contributed by atoms with Crippen LogP contribution in [0.15, 0.2) is 218 Å². The summed E-state index contributed by atoms with van der Waals surface area (Å²) in [6.07, 6.45) is 0. The van der Waals surface area contributed by atoms with Crippen LogP contribution in [-0.4, -0.2) is 19.5 Å². The molecule has 12 rings (SSSR count). The monoisotopic (exact) mass is 764 g/mol. The van der Waals surface area contributed by atoms with E-state index in [-0.39, 0.29) is 0 Å². The zero-order valence-electron chi connectivity index (χ0n) is 32.6. The van der Waals surface area contributed by atoms with Crippen molar-refractivity contribution >= 4 is 32.6 Å². The van der Waals surface area contributed by atoms with Crippen molar-refractivity contribution in [2.45, 2.75) is 5.41 Å². The normalized spacial score (nSPS) is 14.4. The highest BCUT2D eigenvalue weighted by molar-refractivity contribution is 6.09. The quantitative estimate of drug-likeness (QED) is 0.169. The van der Waals surface area contributed by atoms with E-state index in [1.165, 1.54) is 66.0 Å². The van der Waals surface area contributed by atoms with E-state index in [1.54, 1.807) is 0 Å². The van der Waals surface area contributed by atoms with E-state index in [2.05, 4.69) is 162 Å². The lowest BCUT2D eigenvalue weighted by Crippen LogP contribution is -2.28. The van der Waals surface area contributed by atoms with Crippen molar-refractivity contribution in [2.24, 2.45) is 0 Å². The van der Waals surface area contributed by atoms with E-state index in [9.17, 15) is 0 Å². The lowest BCUT2D eigenvalue weighted by Gasteiger charge is -2.34. The number of rotatable bonds is 6. The molecule has 0 N–H and O–H groups in total. The van der Waals surface area contributed by atoms with Gasteiger partial charge in [-0.1, -0.05) is 194 Å². The number of hydrogen-bond acceptors (Lipinski definition) is 3. The number of hydrogen-bond donors (Lipinski definition) is 0. The summed E-state index contributed by atoms with van der Waals surface area (Å²) in [6.45, 7) is 0. The zero-order valence-corrected chi connectivity index (χ0v) is 32.6. The third kappa shape index (κ3) is 5.14. The van der Waals surface area contributed by atoms with Crippen molar-refractivity contribution in [1.29, 1.82) is 0 Å². The van der Waals surface area contributed by atoms with Gasteiger partial charge in [-0.05, 0) is 68.4 Å². The van der Waals surface area contributed by atoms with Crippen molar-refractivity contribution in [1.82, 2.24) is 19.5 Å². The minimum Gasteiger partial charge on any atom is -0.309 e. The first-order valence-corrected chi connectivity index (χ1v) is 20.4. The van der Waals surface area contributed by atoms with E-state index in [0.717, 1.165) is 22.4 Å². The van der Waals surface area contributed by atoms with Crippen molar-refractivity contribution in [2.75, 3.05) is 0 Å². The smallest absolute Gasteiger partial charge is 0.164 e. The van der Waals surface area contributed by atoms with E-state index < -0.39 is 5.41 Å². The fraction of sp³-hybridized carbons (Fsp3) is 0.0179. The highest BCUT2D eigenvalue weighted by Crippen LogP contribution is 2.58. The summed E-state index contributed by atoms with van der Waals surface area (Å²) < 4.78 is 2.39. The SMILES string of the molecule is c1ccc(-c2nc(-c3ccccc3)nc(-c3ccc(C4(c5ccc(-n6c7ccccc7c7ccccc76)cc5)c5ccccc5-c5c4ccc4ccccc54)cc3)n2)cc1. The minimum absolute atomic E-state index is 0.600. The first-order valence-electron chi connectivity index (χ1n) is 20.4. The molecule has 2 aromatic heterocycles. The van der Waals surface area contributed by atoms with Crippen molar-refractivity contribution < 1.29 is 0 Å². The largest absolute Gasteiger partial charge is 0.309 e. The maximum Gasteiger partial charge on any atom is 0.164 e. The van der Waals surface area contributed by atoms with Gasteiger partial charge in [0.2, 0.25) is 0 Å². The Morgan fingerprint density at radius 3 is 1.40 bits per heavy atom. The minimum atomic E-state index is -0.600. The predicted molar refractivity (Wildman–Crippen MR) is 245 cm³/mol. The molecule has 0 fully saturated rings. The van der Waals surface area contributed by atoms with Gasteiger partial charge in [-0.2, -0.15) is 0 Å². The van der Waals surface area contributed by atoms with Gasteiger partial charge in [0, 0.05) is 33.2 Å². The van der Waals surface area contributed by atoms with E-state index in [1.807, 2.05) is 60.7 Å². The molecule has 1 aliphatic carbocycles. The number of nitrogens with zero attached hydrogens (tertiary/aromatic N) is 4. The second-order valence-electron chi connectivity index (χ2n) is 15.5.